The van der Waals surface area contributed by atoms with Gasteiger partial charge in [0, 0.05) is 6.54 Å². The van der Waals surface area contributed by atoms with E-state index in [9.17, 15) is 12.8 Å². The summed E-state index contributed by atoms with van der Waals surface area (Å²) >= 11 is 0. The maximum absolute atomic E-state index is 13.2. The lowest BCUT2D eigenvalue weighted by molar-refractivity contribution is 0.311. The second-order valence-corrected chi connectivity index (χ2v) is 4.40. The van der Waals surface area contributed by atoms with Gasteiger partial charge in [-0.15, -0.1) is 0 Å². The van der Waals surface area contributed by atoms with E-state index in [1.807, 2.05) is 0 Å². The van der Waals surface area contributed by atoms with Crippen LogP contribution < -0.4 is 10.5 Å². The molecule has 1 aromatic carbocycles. The van der Waals surface area contributed by atoms with Crippen molar-refractivity contribution >= 4 is 15.7 Å². The number of nitrogens with two attached hydrogens (primary N) is 1. The number of hydrogen-bond donors (Lipinski definition) is 3. The van der Waals surface area contributed by atoms with E-state index in [1.54, 1.807) is 0 Å². The summed E-state index contributed by atoms with van der Waals surface area (Å²) in [7, 11) is -3.88. The number of halogens is 1. The zero-order valence-electron chi connectivity index (χ0n) is 7.77. The van der Waals surface area contributed by atoms with Crippen LogP contribution in [0.25, 0.3) is 0 Å². The highest BCUT2D eigenvalue weighted by atomic mass is 32.2. The number of aliphatic hydroxyl groups excluding tert-OH is 1. The number of benzene rings is 1. The third kappa shape index (κ3) is 3.15. The van der Waals surface area contributed by atoms with Crippen LogP contribution in [0.15, 0.2) is 23.1 Å². The van der Waals surface area contributed by atoms with Crippen LogP contribution in [0.3, 0.4) is 0 Å². The van der Waals surface area contributed by atoms with Crippen molar-refractivity contribution in [3.63, 3.8) is 0 Å². The number of anilines is 1. The van der Waals surface area contributed by atoms with E-state index in [1.165, 1.54) is 12.1 Å². The highest BCUT2D eigenvalue weighted by molar-refractivity contribution is 7.89. The Kier molecular flexibility index (Phi) is 3.61. The molecular formula is C8H11FN2O3S. The van der Waals surface area contributed by atoms with Gasteiger partial charge in [0.05, 0.1) is 17.2 Å². The molecule has 84 valence electrons. The first-order valence-electron chi connectivity index (χ1n) is 4.12. The van der Waals surface area contributed by atoms with Crippen molar-refractivity contribution in [2.75, 3.05) is 18.5 Å². The molecule has 0 fully saturated rings. The lowest BCUT2D eigenvalue weighted by atomic mass is 10.3. The Balaban J connectivity index is 2.99. The van der Waals surface area contributed by atoms with Crippen LogP contribution in [0.5, 0.6) is 0 Å². The number of rotatable bonds is 4. The van der Waals surface area contributed by atoms with Gasteiger partial charge in [0.2, 0.25) is 10.0 Å². The monoisotopic (exact) mass is 234 g/mol. The number of primary sulfonamides is 1. The third-order valence-electron chi connectivity index (χ3n) is 1.70. The van der Waals surface area contributed by atoms with Crippen molar-refractivity contribution in [1.82, 2.24) is 0 Å². The zero-order valence-corrected chi connectivity index (χ0v) is 8.59. The predicted octanol–water partition coefficient (Wildman–Crippen LogP) is -0.123. The normalized spacial score (nSPS) is 11.4. The van der Waals surface area contributed by atoms with E-state index in [0.29, 0.717) is 0 Å². The molecule has 0 aliphatic heterocycles. The molecule has 0 amide bonds. The molecule has 0 aromatic heterocycles. The molecule has 1 aromatic rings. The van der Waals surface area contributed by atoms with E-state index in [-0.39, 0.29) is 23.7 Å². The third-order valence-corrected chi connectivity index (χ3v) is 2.61. The minimum Gasteiger partial charge on any atom is -0.395 e. The fourth-order valence-electron chi connectivity index (χ4n) is 1.01. The Morgan fingerprint density at radius 1 is 1.47 bits per heavy atom. The fraction of sp³-hybridized carbons (Fsp3) is 0.250. The van der Waals surface area contributed by atoms with Crippen molar-refractivity contribution in [3.8, 4) is 0 Å². The molecule has 0 heterocycles. The van der Waals surface area contributed by atoms with Gasteiger partial charge in [0.25, 0.3) is 0 Å². The Morgan fingerprint density at radius 2 is 2.13 bits per heavy atom. The minimum absolute atomic E-state index is 0.122. The maximum Gasteiger partial charge on any atom is 0.238 e. The molecule has 0 spiro atoms. The summed E-state index contributed by atoms with van der Waals surface area (Å²) in [5.41, 5.74) is 0.122. The molecule has 0 aliphatic rings. The molecule has 15 heavy (non-hydrogen) atoms. The standard InChI is InChI=1S/C8H11FN2O3S/c9-7-5-6(15(10,13)14)1-2-8(7)11-3-4-12/h1-2,5,11-12H,3-4H2,(H2,10,13,14). The Hall–Kier alpha value is -1.18. The molecule has 0 bridgehead atoms. The first-order chi connectivity index (χ1) is 6.95. The predicted molar refractivity (Wildman–Crippen MR) is 53.3 cm³/mol. The van der Waals surface area contributed by atoms with E-state index >= 15 is 0 Å². The minimum atomic E-state index is -3.88. The molecule has 7 heteroatoms. The van der Waals surface area contributed by atoms with Crippen molar-refractivity contribution in [3.05, 3.63) is 24.0 Å². The summed E-state index contributed by atoms with van der Waals surface area (Å²) in [6.45, 7) is 0.0437. The Bertz CT molecular complexity index is 447. The van der Waals surface area contributed by atoms with Crippen LogP contribution in [0.2, 0.25) is 0 Å². The summed E-state index contributed by atoms with van der Waals surface area (Å²) in [5.74, 6) is -0.727. The van der Waals surface area contributed by atoms with Gasteiger partial charge >= 0.3 is 0 Å². The summed E-state index contributed by atoms with van der Waals surface area (Å²) in [6, 6.07) is 3.28. The molecule has 0 saturated carbocycles. The first-order valence-corrected chi connectivity index (χ1v) is 5.67. The van der Waals surface area contributed by atoms with Gasteiger partial charge in [0.15, 0.2) is 0 Å². The van der Waals surface area contributed by atoms with Crippen LogP contribution >= 0.6 is 0 Å². The largest absolute Gasteiger partial charge is 0.395 e. The molecular weight excluding hydrogens is 223 g/mol. The topological polar surface area (TPSA) is 92.4 Å². The maximum atomic E-state index is 13.2. The summed E-state index contributed by atoms with van der Waals surface area (Å²) < 4.78 is 35.0. The highest BCUT2D eigenvalue weighted by Gasteiger charge is 2.10. The molecule has 0 unspecified atom stereocenters. The first kappa shape index (κ1) is 11.9. The molecule has 4 N–H and O–H groups in total. The number of sulfonamides is 1. The van der Waals surface area contributed by atoms with Crippen LogP contribution in [-0.4, -0.2) is 26.7 Å². The lowest BCUT2D eigenvalue weighted by Gasteiger charge is -2.06. The van der Waals surface area contributed by atoms with Gasteiger partial charge in [-0.1, -0.05) is 0 Å². The van der Waals surface area contributed by atoms with Crippen molar-refractivity contribution in [2.24, 2.45) is 5.14 Å². The van der Waals surface area contributed by atoms with Gasteiger partial charge in [-0.05, 0) is 18.2 Å². The van der Waals surface area contributed by atoms with E-state index < -0.39 is 15.8 Å². The van der Waals surface area contributed by atoms with E-state index in [4.69, 9.17) is 10.2 Å². The van der Waals surface area contributed by atoms with E-state index in [2.05, 4.69) is 5.32 Å². The van der Waals surface area contributed by atoms with Crippen molar-refractivity contribution < 1.29 is 17.9 Å². The summed E-state index contributed by atoms with van der Waals surface area (Å²) in [6.07, 6.45) is 0. The lowest BCUT2D eigenvalue weighted by Crippen LogP contribution is -2.13. The second-order valence-electron chi connectivity index (χ2n) is 2.84. The van der Waals surface area contributed by atoms with Gasteiger partial charge in [-0.2, -0.15) is 0 Å². The number of aliphatic hydroxyl groups is 1. The molecule has 0 aliphatic carbocycles. The van der Waals surface area contributed by atoms with E-state index in [0.717, 1.165) is 6.07 Å². The van der Waals surface area contributed by atoms with Gasteiger partial charge in [0.1, 0.15) is 5.82 Å². The average Bonchev–Trinajstić information content (AvgIpc) is 2.14. The van der Waals surface area contributed by atoms with Crippen molar-refractivity contribution in [1.29, 1.82) is 0 Å². The van der Waals surface area contributed by atoms with Crippen LogP contribution in [0.4, 0.5) is 10.1 Å². The molecule has 0 atom stereocenters. The molecule has 0 radical (unpaired) electrons. The quantitative estimate of drug-likeness (QED) is 0.677. The van der Waals surface area contributed by atoms with Gasteiger partial charge in [-0.3, -0.25) is 0 Å². The summed E-state index contributed by atoms with van der Waals surface area (Å²) in [4.78, 5) is -0.283. The van der Waals surface area contributed by atoms with Gasteiger partial charge < -0.3 is 10.4 Å². The van der Waals surface area contributed by atoms with Crippen LogP contribution in [0, 0.1) is 5.82 Å². The van der Waals surface area contributed by atoms with Gasteiger partial charge in [-0.25, -0.2) is 17.9 Å². The van der Waals surface area contributed by atoms with Crippen LogP contribution in [0.1, 0.15) is 0 Å². The SMILES string of the molecule is NS(=O)(=O)c1ccc(NCCO)c(F)c1. The number of nitrogens with one attached hydrogen (secondary N) is 1. The van der Waals surface area contributed by atoms with Crippen molar-refractivity contribution in [2.45, 2.75) is 4.90 Å². The fourth-order valence-corrected chi connectivity index (χ4v) is 1.53. The summed E-state index contributed by atoms with van der Waals surface area (Å²) in [5, 5.41) is 15.9. The smallest absolute Gasteiger partial charge is 0.238 e. The number of hydrogen-bond acceptors (Lipinski definition) is 4. The second kappa shape index (κ2) is 4.56. The average molecular weight is 234 g/mol. The molecule has 0 saturated heterocycles. The highest BCUT2D eigenvalue weighted by Crippen LogP contribution is 2.17. The molecule has 1 rings (SSSR count). The zero-order chi connectivity index (χ0) is 11.5. The molecule has 5 nitrogen and oxygen atoms in total. The van der Waals surface area contributed by atoms with Crippen LogP contribution in [-0.2, 0) is 10.0 Å². The Morgan fingerprint density at radius 3 is 2.60 bits per heavy atom. The Labute approximate surface area is 86.8 Å².